The molecule has 3 aliphatic rings. The number of rotatable bonds is 5. The van der Waals surface area contributed by atoms with Crippen LogP contribution >= 0.6 is 11.6 Å². The maximum absolute atomic E-state index is 12.4. The molecule has 2 aromatic heterocycles. The number of carbonyl (C=O) groups excluding carboxylic acids is 1. The summed E-state index contributed by atoms with van der Waals surface area (Å²) < 4.78 is 11.7. The first-order valence-corrected chi connectivity index (χ1v) is 13.3. The maximum atomic E-state index is 12.4. The van der Waals surface area contributed by atoms with Gasteiger partial charge in [-0.25, -0.2) is 4.98 Å². The van der Waals surface area contributed by atoms with E-state index in [1.807, 2.05) is 24.8 Å². The summed E-state index contributed by atoms with van der Waals surface area (Å²) >= 11 is 6.62. The molecule has 1 aromatic carbocycles. The number of carbonyl (C=O) groups is 1. The van der Waals surface area contributed by atoms with Crippen molar-refractivity contribution in [1.82, 2.24) is 19.9 Å². The zero-order valence-electron chi connectivity index (χ0n) is 20.7. The highest BCUT2D eigenvalue weighted by molar-refractivity contribution is 6.33. The van der Waals surface area contributed by atoms with Gasteiger partial charge < -0.3 is 24.3 Å². The highest BCUT2D eigenvalue weighted by Gasteiger charge is 2.43. The molecular weight excluding hydrogens is 478 g/mol. The van der Waals surface area contributed by atoms with Gasteiger partial charge in [0.15, 0.2) is 5.65 Å². The van der Waals surface area contributed by atoms with Gasteiger partial charge in [-0.3, -0.25) is 4.79 Å². The van der Waals surface area contributed by atoms with Crippen LogP contribution in [0.5, 0.6) is 6.01 Å². The van der Waals surface area contributed by atoms with Crippen molar-refractivity contribution in [3.05, 3.63) is 35.4 Å². The predicted molar refractivity (Wildman–Crippen MR) is 139 cm³/mol. The fourth-order valence-corrected chi connectivity index (χ4v) is 6.11. The van der Waals surface area contributed by atoms with E-state index in [0.29, 0.717) is 34.2 Å². The number of ether oxygens (including phenoxy) is 2. The lowest BCUT2D eigenvalue weighted by Crippen LogP contribution is -2.36. The molecule has 190 valence electrons. The Bertz CT molecular complexity index is 1240. The topological polar surface area (TPSA) is 83.6 Å². The largest absolute Gasteiger partial charge is 0.461 e. The fraction of sp³-hybridized carbons (Fsp3) is 0.519. The van der Waals surface area contributed by atoms with Crippen molar-refractivity contribution in [3.8, 4) is 17.3 Å². The summed E-state index contributed by atoms with van der Waals surface area (Å²) in [6.07, 6.45) is 1.98. The third kappa shape index (κ3) is 4.52. The van der Waals surface area contributed by atoms with Crippen LogP contribution in [0.2, 0.25) is 5.02 Å². The monoisotopic (exact) mass is 509 g/mol. The molecule has 8 nitrogen and oxygen atoms in total. The Kier molecular flexibility index (Phi) is 6.25. The summed E-state index contributed by atoms with van der Waals surface area (Å²) in [5.74, 6) is 1.32. The average molecular weight is 510 g/mol. The van der Waals surface area contributed by atoms with E-state index in [-0.39, 0.29) is 17.9 Å². The molecule has 4 heterocycles. The number of fused-ring (bicyclic) bond motifs is 2. The molecule has 0 spiro atoms. The number of anilines is 1. The van der Waals surface area contributed by atoms with Crippen LogP contribution in [0, 0.1) is 17.8 Å². The lowest BCUT2D eigenvalue weighted by Gasteiger charge is -2.28. The second kappa shape index (κ2) is 9.56. The number of aromatic amines is 1. The molecule has 1 N–H and O–H groups in total. The van der Waals surface area contributed by atoms with Gasteiger partial charge in [0, 0.05) is 43.3 Å². The quantitative estimate of drug-likeness (QED) is 0.549. The van der Waals surface area contributed by atoms with Crippen molar-refractivity contribution in [2.45, 2.75) is 32.8 Å². The van der Waals surface area contributed by atoms with Crippen LogP contribution in [0.1, 0.15) is 26.7 Å². The molecule has 0 bridgehead atoms. The second-order valence-corrected chi connectivity index (χ2v) is 10.9. The molecule has 2 saturated heterocycles. The lowest BCUT2D eigenvalue weighted by atomic mass is 10.0. The minimum absolute atomic E-state index is 0.0540. The number of H-pyrrole nitrogens is 1. The number of benzene rings is 1. The minimum atomic E-state index is 0.0540. The number of aromatic nitrogens is 3. The number of nitrogens with one attached hydrogen (secondary N) is 1. The number of halogens is 1. The number of imidazole rings is 1. The number of pyridine rings is 1. The van der Waals surface area contributed by atoms with Crippen LogP contribution in [0.3, 0.4) is 0 Å². The van der Waals surface area contributed by atoms with Gasteiger partial charge in [0.05, 0.1) is 29.4 Å². The Hall–Kier alpha value is -2.84. The van der Waals surface area contributed by atoms with Crippen LogP contribution in [0.4, 0.5) is 5.69 Å². The second-order valence-electron chi connectivity index (χ2n) is 10.5. The van der Waals surface area contributed by atoms with E-state index in [1.165, 1.54) is 5.69 Å². The minimum Gasteiger partial charge on any atom is -0.461 e. The van der Waals surface area contributed by atoms with Gasteiger partial charge in [-0.2, -0.15) is 4.98 Å². The van der Waals surface area contributed by atoms with Crippen molar-refractivity contribution in [1.29, 1.82) is 0 Å². The molecule has 9 heteroatoms. The van der Waals surface area contributed by atoms with Gasteiger partial charge in [-0.1, -0.05) is 37.6 Å². The van der Waals surface area contributed by atoms with Gasteiger partial charge in [0.2, 0.25) is 5.91 Å². The van der Waals surface area contributed by atoms with E-state index in [1.54, 1.807) is 0 Å². The van der Waals surface area contributed by atoms with Crippen molar-refractivity contribution < 1.29 is 14.3 Å². The molecule has 36 heavy (non-hydrogen) atoms. The number of hydrogen-bond acceptors (Lipinski definition) is 6. The molecule has 1 saturated carbocycles. The molecule has 2 aliphatic heterocycles. The summed E-state index contributed by atoms with van der Waals surface area (Å²) in [6.45, 7) is 8.93. The predicted octanol–water partition coefficient (Wildman–Crippen LogP) is 4.39. The van der Waals surface area contributed by atoms with E-state index < -0.39 is 0 Å². The molecular formula is C27H32ClN5O3. The SMILES string of the molecule is CC(C)C(=O)N1C[C@H]2CC(Oc3nc4nc(-c5ccc(N6CCOCC6)cc5)c(Cl)cc4[nH]3)C[C@H]2C1. The Morgan fingerprint density at radius 2 is 1.81 bits per heavy atom. The maximum Gasteiger partial charge on any atom is 0.296 e. The number of morpholine rings is 1. The first-order valence-electron chi connectivity index (χ1n) is 12.9. The molecule has 0 radical (unpaired) electrons. The highest BCUT2D eigenvalue weighted by Crippen LogP contribution is 2.40. The molecule has 1 aliphatic carbocycles. The Morgan fingerprint density at radius 1 is 1.11 bits per heavy atom. The van der Waals surface area contributed by atoms with Crippen LogP contribution in [-0.4, -0.2) is 71.3 Å². The number of nitrogens with zero attached hydrogens (tertiary/aromatic N) is 4. The standard InChI is InChI=1S/C27H32ClN5O3/c1-16(2)26(34)33-14-18-11-21(12-19(18)15-33)36-27-29-23-13-22(28)24(30-25(23)31-27)17-3-5-20(6-4-17)32-7-9-35-10-8-32/h3-6,13,16,18-19,21H,7-12,14-15H2,1-2H3,(H,29,30,31)/t18-,19+,21?. The zero-order chi connectivity index (χ0) is 24.8. The van der Waals surface area contributed by atoms with Crippen LogP contribution in [0.15, 0.2) is 30.3 Å². The van der Waals surface area contributed by atoms with Crippen molar-refractivity contribution in [2.75, 3.05) is 44.3 Å². The van der Waals surface area contributed by atoms with Gasteiger partial charge >= 0.3 is 0 Å². The molecule has 3 atom stereocenters. The first-order chi connectivity index (χ1) is 17.4. The molecule has 1 amide bonds. The molecule has 3 aromatic rings. The van der Waals surface area contributed by atoms with Gasteiger partial charge in [-0.15, -0.1) is 0 Å². The lowest BCUT2D eigenvalue weighted by molar-refractivity contribution is -0.133. The van der Waals surface area contributed by atoms with Crippen molar-refractivity contribution in [3.63, 3.8) is 0 Å². The number of likely N-dealkylation sites (tertiary alicyclic amines) is 1. The highest BCUT2D eigenvalue weighted by atomic mass is 35.5. The van der Waals surface area contributed by atoms with Gasteiger partial charge in [-0.05, 0) is 42.9 Å². The van der Waals surface area contributed by atoms with Crippen molar-refractivity contribution >= 4 is 34.4 Å². The van der Waals surface area contributed by atoms with E-state index in [0.717, 1.165) is 63.3 Å². The molecule has 1 unspecified atom stereocenters. The summed E-state index contributed by atoms with van der Waals surface area (Å²) in [5, 5.41) is 0.571. The Balaban J connectivity index is 1.14. The third-order valence-electron chi connectivity index (χ3n) is 7.71. The average Bonchev–Trinajstić information content (AvgIpc) is 3.56. The summed E-state index contributed by atoms with van der Waals surface area (Å²) in [6, 6.07) is 10.7. The summed E-state index contributed by atoms with van der Waals surface area (Å²) in [4.78, 5) is 29.3. The summed E-state index contributed by atoms with van der Waals surface area (Å²) in [5.41, 5.74) is 4.19. The van der Waals surface area contributed by atoms with Crippen LogP contribution < -0.4 is 9.64 Å². The van der Waals surface area contributed by atoms with Crippen molar-refractivity contribution in [2.24, 2.45) is 17.8 Å². The Morgan fingerprint density at radius 3 is 2.47 bits per heavy atom. The smallest absolute Gasteiger partial charge is 0.296 e. The normalized spacial score (nSPS) is 24.1. The first kappa shape index (κ1) is 23.6. The van der Waals surface area contributed by atoms with Gasteiger partial charge in [0.25, 0.3) is 6.01 Å². The molecule has 3 fully saturated rings. The zero-order valence-corrected chi connectivity index (χ0v) is 21.5. The molecule has 6 rings (SSSR count). The van der Waals surface area contributed by atoms with Crippen LogP contribution in [-0.2, 0) is 9.53 Å². The van der Waals surface area contributed by atoms with E-state index in [2.05, 4.69) is 39.1 Å². The van der Waals surface area contributed by atoms with E-state index >= 15 is 0 Å². The summed E-state index contributed by atoms with van der Waals surface area (Å²) in [7, 11) is 0. The number of hydrogen-bond donors (Lipinski definition) is 1. The van der Waals surface area contributed by atoms with E-state index in [9.17, 15) is 4.79 Å². The number of amides is 1. The van der Waals surface area contributed by atoms with Gasteiger partial charge in [0.1, 0.15) is 6.10 Å². The van der Waals surface area contributed by atoms with Crippen LogP contribution in [0.25, 0.3) is 22.4 Å². The Labute approximate surface area is 215 Å². The third-order valence-corrected chi connectivity index (χ3v) is 8.00. The fourth-order valence-electron chi connectivity index (χ4n) is 5.85. The van der Waals surface area contributed by atoms with E-state index in [4.69, 9.17) is 26.1 Å².